The standard InChI is InChI=1S/C20H23N3O2/c1-12-19(13(2)25-23-12)18-11-15(14-7-3-4-8-16(14)22-18)20(24)17-9-5-6-10-21-17/h3-4,7-8,11,17,20-21,24H,5-6,9-10H2,1-2H3. The van der Waals surface area contributed by atoms with Gasteiger partial charge in [-0.15, -0.1) is 0 Å². The maximum Gasteiger partial charge on any atom is 0.143 e. The molecular formula is C20H23N3O2. The number of aryl methyl sites for hydroxylation is 2. The van der Waals surface area contributed by atoms with Crippen LogP contribution in [-0.4, -0.2) is 27.8 Å². The Balaban J connectivity index is 1.87. The van der Waals surface area contributed by atoms with Crippen molar-refractivity contribution < 1.29 is 9.63 Å². The zero-order valence-corrected chi connectivity index (χ0v) is 14.6. The van der Waals surface area contributed by atoms with E-state index in [-0.39, 0.29) is 6.04 Å². The Morgan fingerprint density at radius 1 is 1.24 bits per heavy atom. The summed E-state index contributed by atoms with van der Waals surface area (Å²) in [6.07, 6.45) is 2.74. The van der Waals surface area contributed by atoms with Crippen LogP contribution in [0, 0.1) is 13.8 Å². The van der Waals surface area contributed by atoms with Crippen molar-refractivity contribution >= 4 is 10.9 Å². The van der Waals surface area contributed by atoms with Crippen LogP contribution >= 0.6 is 0 Å². The highest BCUT2D eigenvalue weighted by Gasteiger charge is 2.26. The molecule has 2 unspecified atom stereocenters. The summed E-state index contributed by atoms with van der Waals surface area (Å²) in [6, 6.07) is 10.1. The fraction of sp³-hybridized carbons (Fsp3) is 0.400. The molecule has 0 radical (unpaired) electrons. The Morgan fingerprint density at radius 3 is 2.80 bits per heavy atom. The second-order valence-electron chi connectivity index (χ2n) is 6.81. The molecule has 1 aliphatic heterocycles. The number of hydrogen-bond acceptors (Lipinski definition) is 5. The van der Waals surface area contributed by atoms with Gasteiger partial charge in [0.15, 0.2) is 0 Å². The first kappa shape index (κ1) is 16.2. The largest absolute Gasteiger partial charge is 0.387 e. The summed E-state index contributed by atoms with van der Waals surface area (Å²) in [7, 11) is 0. The number of aliphatic hydroxyl groups excluding tert-OH is 1. The van der Waals surface area contributed by atoms with Crippen LogP contribution in [0.2, 0.25) is 0 Å². The molecule has 4 rings (SSSR count). The highest BCUT2D eigenvalue weighted by molar-refractivity contribution is 5.86. The monoisotopic (exact) mass is 337 g/mol. The Morgan fingerprint density at radius 2 is 2.08 bits per heavy atom. The summed E-state index contributed by atoms with van der Waals surface area (Å²) in [6.45, 7) is 4.77. The Bertz CT molecular complexity index is 878. The van der Waals surface area contributed by atoms with E-state index in [4.69, 9.17) is 9.51 Å². The predicted molar refractivity (Wildman–Crippen MR) is 97.3 cm³/mol. The van der Waals surface area contributed by atoms with E-state index in [1.165, 1.54) is 6.42 Å². The number of rotatable bonds is 3. The van der Waals surface area contributed by atoms with Gasteiger partial charge in [0, 0.05) is 11.4 Å². The normalized spacial score (nSPS) is 19.2. The Hall–Kier alpha value is -2.24. The number of para-hydroxylation sites is 1. The van der Waals surface area contributed by atoms with Gasteiger partial charge in [0.25, 0.3) is 0 Å². The molecule has 2 atom stereocenters. The third-order valence-electron chi connectivity index (χ3n) is 5.09. The van der Waals surface area contributed by atoms with Crippen molar-refractivity contribution in [2.75, 3.05) is 6.54 Å². The van der Waals surface area contributed by atoms with E-state index in [0.717, 1.165) is 58.6 Å². The fourth-order valence-electron chi connectivity index (χ4n) is 3.79. The van der Waals surface area contributed by atoms with Crippen molar-refractivity contribution in [3.63, 3.8) is 0 Å². The second kappa shape index (κ2) is 6.58. The van der Waals surface area contributed by atoms with Crippen molar-refractivity contribution in [2.24, 2.45) is 0 Å². The second-order valence-corrected chi connectivity index (χ2v) is 6.81. The smallest absolute Gasteiger partial charge is 0.143 e. The summed E-state index contributed by atoms with van der Waals surface area (Å²) in [4.78, 5) is 4.80. The highest BCUT2D eigenvalue weighted by Crippen LogP contribution is 2.34. The first-order valence-electron chi connectivity index (χ1n) is 8.89. The van der Waals surface area contributed by atoms with Crippen LogP contribution < -0.4 is 5.32 Å². The van der Waals surface area contributed by atoms with Crippen molar-refractivity contribution in [2.45, 2.75) is 45.3 Å². The summed E-state index contributed by atoms with van der Waals surface area (Å²) in [5.74, 6) is 0.747. The van der Waals surface area contributed by atoms with Crippen molar-refractivity contribution in [1.29, 1.82) is 0 Å². The molecule has 0 saturated carbocycles. The molecule has 5 nitrogen and oxygen atoms in total. The predicted octanol–water partition coefficient (Wildman–Crippen LogP) is 3.68. The van der Waals surface area contributed by atoms with Gasteiger partial charge in [0.05, 0.1) is 28.6 Å². The highest BCUT2D eigenvalue weighted by atomic mass is 16.5. The molecule has 0 aliphatic carbocycles. The van der Waals surface area contributed by atoms with Gasteiger partial charge in [-0.1, -0.05) is 29.8 Å². The fourth-order valence-corrected chi connectivity index (χ4v) is 3.79. The van der Waals surface area contributed by atoms with Crippen LogP contribution in [0.15, 0.2) is 34.9 Å². The Labute approximate surface area is 147 Å². The van der Waals surface area contributed by atoms with Crippen LogP contribution in [0.4, 0.5) is 0 Å². The minimum Gasteiger partial charge on any atom is -0.387 e. The van der Waals surface area contributed by atoms with Gasteiger partial charge in [0.1, 0.15) is 5.76 Å². The molecule has 25 heavy (non-hydrogen) atoms. The van der Waals surface area contributed by atoms with E-state index in [0.29, 0.717) is 0 Å². The number of nitrogens with zero attached hydrogens (tertiary/aromatic N) is 2. The molecule has 0 spiro atoms. The van der Waals surface area contributed by atoms with Crippen LogP contribution in [0.5, 0.6) is 0 Å². The lowest BCUT2D eigenvalue weighted by molar-refractivity contribution is 0.115. The molecule has 3 aromatic rings. The first-order valence-corrected chi connectivity index (χ1v) is 8.89. The molecule has 2 N–H and O–H groups in total. The van der Waals surface area contributed by atoms with Gasteiger partial charge in [-0.3, -0.25) is 0 Å². The number of aliphatic hydroxyl groups is 1. The van der Waals surface area contributed by atoms with Gasteiger partial charge in [-0.2, -0.15) is 0 Å². The molecule has 0 amide bonds. The molecule has 3 heterocycles. The van der Waals surface area contributed by atoms with Crippen LogP contribution in [0.25, 0.3) is 22.2 Å². The van der Waals surface area contributed by atoms with E-state index >= 15 is 0 Å². The third-order valence-corrected chi connectivity index (χ3v) is 5.09. The van der Waals surface area contributed by atoms with E-state index < -0.39 is 6.10 Å². The zero-order valence-electron chi connectivity index (χ0n) is 14.6. The van der Waals surface area contributed by atoms with Crippen LogP contribution in [-0.2, 0) is 0 Å². The number of pyridine rings is 1. The van der Waals surface area contributed by atoms with E-state index in [1.807, 2.05) is 44.2 Å². The lowest BCUT2D eigenvalue weighted by atomic mass is 9.91. The van der Waals surface area contributed by atoms with Gasteiger partial charge in [-0.25, -0.2) is 4.98 Å². The molecular weight excluding hydrogens is 314 g/mol. The number of nitrogens with one attached hydrogen (secondary N) is 1. The molecule has 1 fully saturated rings. The number of aromatic nitrogens is 2. The quantitative estimate of drug-likeness (QED) is 0.763. The summed E-state index contributed by atoms with van der Waals surface area (Å²) < 4.78 is 5.31. The number of hydrogen-bond donors (Lipinski definition) is 2. The summed E-state index contributed by atoms with van der Waals surface area (Å²) in [5.41, 5.74) is 4.33. The van der Waals surface area contributed by atoms with E-state index in [1.54, 1.807) is 0 Å². The van der Waals surface area contributed by atoms with Gasteiger partial charge in [-0.05, 0) is 50.9 Å². The number of fused-ring (bicyclic) bond motifs is 1. The van der Waals surface area contributed by atoms with Crippen LogP contribution in [0.3, 0.4) is 0 Å². The molecule has 130 valence electrons. The van der Waals surface area contributed by atoms with Crippen LogP contribution in [0.1, 0.15) is 42.4 Å². The molecule has 1 saturated heterocycles. The summed E-state index contributed by atoms with van der Waals surface area (Å²) >= 11 is 0. The third kappa shape index (κ3) is 2.94. The molecule has 1 aromatic carbocycles. The summed E-state index contributed by atoms with van der Waals surface area (Å²) in [5, 5.41) is 19.6. The van der Waals surface area contributed by atoms with E-state index in [9.17, 15) is 5.11 Å². The minimum absolute atomic E-state index is 0.0806. The number of piperidine rings is 1. The maximum absolute atomic E-state index is 11.1. The Kier molecular flexibility index (Phi) is 4.27. The number of benzene rings is 1. The average molecular weight is 337 g/mol. The van der Waals surface area contributed by atoms with Gasteiger partial charge >= 0.3 is 0 Å². The minimum atomic E-state index is -0.563. The molecule has 1 aliphatic rings. The van der Waals surface area contributed by atoms with Crippen molar-refractivity contribution in [3.05, 3.63) is 47.3 Å². The van der Waals surface area contributed by atoms with E-state index in [2.05, 4.69) is 10.5 Å². The lowest BCUT2D eigenvalue weighted by Crippen LogP contribution is -2.38. The topological polar surface area (TPSA) is 71.2 Å². The molecule has 0 bridgehead atoms. The maximum atomic E-state index is 11.1. The van der Waals surface area contributed by atoms with Crippen molar-refractivity contribution in [3.8, 4) is 11.3 Å². The van der Waals surface area contributed by atoms with Gasteiger partial charge < -0.3 is 14.9 Å². The molecule has 5 heteroatoms. The van der Waals surface area contributed by atoms with Crippen molar-refractivity contribution in [1.82, 2.24) is 15.5 Å². The average Bonchev–Trinajstić information content (AvgIpc) is 2.99. The SMILES string of the molecule is Cc1noc(C)c1-c1cc(C(O)C2CCCCN2)c2ccccc2n1. The van der Waals surface area contributed by atoms with Gasteiger partial charge in [0.2, 0.25) is 0 Å². The first-order chi connectivity index (χ1) is 12.1. The lowest BCUT2D eigenvalue weighted by Gasteiger charge is -2.29. The zero-order chi connectivity index (χ0) is 17.4. The molecule has 2 aromatic heterocycles.